The quantitative estimate of drug-likeness (QED) is 0.822. The van der Waals surface area contributed by atoms with Gasteiger partial charge in [-0.25, -0.2) is 4.39 Å². The molecule has 0 spiro atoms. The molecule has 0 unspecified atom stereocenters. The van der Waals surface area contributed by atoms with Gasteiger partial charge in [0.05, 0.1) is 6.54 Å². The van der Waals surface area contributed by atoms with Crippen LogP contribution >= 0.6 is 11.6 Å². The first kappa shape index (κ1) is 14.9. The second-order valence-electron chi connectivity index (χ2n) is 4.33. The normalized spacial score (nSPS) is 10.8. The fourth-order valence-electron chi connectivity index (χ4n) is 1.50. The maximum absolute atomic E-state index is 12.9. The van der Waals surface area contributed by atoms with Gasteiger partial charge in [0.2, 0.25) is 5.91 Å². The smallest absolute Gasteiger partial charge is 0.236 e. The molecule has 1 amide bonds. The molecule has 0 N–H and O–H groups in total. The highest BCUT2D eigenvalue weighted by Crippen LogP contribution is 2.18. The maximum Gasteiger partial charge on any atom is 0.236 e. The van der Waals surface area contributed by atoms with Crippen molar-refractivity contribution in [3.05, 3.63) is 34.6 Å². The number of carbonyl (C=O) groups is 1. The SMILES string of the molecule is CCN(CC(=O)N(C)C)Cc1ccc(F)cc1Cl. The predicted octanol–water partition coefficient (Wildman–Crippen LogP) is 2.39. The van der Waals surface area contributed by atoms with E-state index in [-0.39, 0.29) is 11.7 Å². The lowest BCUT2D eigenvalue weighted by atomic mass is 10.2. The highest BCUT2D eigenvalue weighted by molar-refractivity contribution is 6.31. The minimum atomic E-state index is -0.351. The molecule has 0 atom stereocenters. The monoisotopic (exact) mass is 272 g/mol. The van der Waals surface area contributed by atoms with Gasteiger partial charge in [-0.15, -0.1) is 0 Å². The van der Waals surface area contributed by atoms with Gasteiger partial charge in [0.1, 0.15) is 5.82 Å². The van der Waals surface area contributed by atoms with Crippen LogP contribution in [-0.2, 0) is 11.3 Å². The van der Waals surface area contributed by atoms with Gasteiger partial charge in [0.25, 0.3) is 0 Å². The van der Waals surface area contributed by atoms with Gasteiger partial charge in [0.15, 0.2) is 0 Å². The molecule has 3 nitrogen and oxygen atoms in total. The Morgan fingerprint density at radius 3 is 2.56 bits per heavy atom. The summed E-state index contributed by atoms with van der Waals surface area (Å²) in [6.45, 7) is 3.57. The van der Waals surface area contributed by atoms with Crippen molar-refractivity contribution in [2.45, 2.75) is 13.5 Å². The van der Waals surface area contributed by atoms with Crippen molar-refractivity contribution in [3.8, 4) is 0 Å². The lowest BCUT2D eigenvalue weighted by molar-refractivity contribution is -0.130. The summed E-state index contributed by atoms with van der Waals surface area (Å²) in [5, 5.41) is 0.394. The average molecular weight is 273 g/mol. The molecule has 0 aliphatic carbocycles. The Hall–Kier alpha value is -1.13. The Morgan fingerprint density at radius 1 is 1.39 bits per heavy atom. The van der Waals surface area contributed by atoms with E-state index >= 15 is 0 Å². The van der Waals surface area contributed by atoms with E-state index < -0.39 is 0 Å². The van der Waals surface area contributed by atoms with Crippen molar-refractivity contribution in [3.63, 3.8) is 0 Å². The Balaban J connectivity index is 2.71. The van der Waals surface area contributed by atoms with E-state index in [4.69, 9.17) is 11.6 Å². The molecule has 1 aromatic rings. The van der Waals surface area contributed by atoms with Gasteiger partial charge in [-0.05, 0) is 24.2 Å². The number of rotatable bonds is 5. The van der Waals surface area contributed by atoms with Crippen LogP contribution in [0.5, 0.6) is 0 Å². The second kappa shape index (κ2) is 6.71. The lowest BCUT2D eigenvalue weighted by Gasteiger charge is -2.22. The molecule has 100 valence electrons. The van der Waals surface area contributed by atoms with Crippen LogP contribution in [0.3, 0.4) is 0 Å². The van der Waals surface area contributed by atoms with Crippen molar-refractivity contribution < 1.29 is 9.18 Å². The zero-order chi connectivity index (χ0) is 13.7. The fraction of sp³-hybridized carbons (Fsp3) is 0.462. The van der Waals surface area contributed by atoms with Gasteiger partial charge in [-0.2, -0.15) is 0 Å². The largest absolute Gasteiger partial charge is 0.348 e. The molecule has 0 radical (unpaired) electrons. The van der Waals surface area contributed by atoms with Crippen molar-refractivity contribution in [1.82, 2.24) is 9.80 Å². The summed E-state index contributed by atoms with van der Waals surface area (Å²) in [6, 6.07) is 4.32. The van der Waals surface area contributed by atoms with E-state index in [0.717, 1.165) is 12.1 Å². The van der Waals surface area contributed by atoms with E-state index in [2.05, 4.69) is 0 Å². The molecule has 0 aromatic heterocycles. The Kier molecular flexibility index (Phi) is 5.56. The first-order chi connectivity index (χ1) is 8.43. The van der Waals surface area contributed by atoms with Crippen molar-refractivity contribution in [2.75, 3.05) is 27.2 Å². The van der Waals surface area contributed by atoms with Crippen LogP contribution in [0.1, 0.15) is 12.5 Å². The van der Waals surface area contributed by atoms with Crippen LogP contribution < -0.4 is 0 Å². The second-order valence-corrected chi connectivity index (χ2v) is 4.73. The molecule has 0 aliphatic rings. The summed E-state index contributed by atoms with van der Waals surface area (Å²) in [4.78, 5) is 15.1. The number of hydrogen-bond donors (Lipinski definition) is 0. The summed E-state index contributed by atoms with van der Waals surface area (Å²) in [5.41, 5.74) is 0.825. The molecule has 0 heterocycles. The van der Waals surface area contributed by atoms with E-state index in [0.29, 0.717) is 18.1 Å². The van der Waals surface area contributed by atoms with Gasteiger partial charge in [0, 0.05) is 25.7 Å². The van der Waals surface area contributed by atoms with Crippen molar-refractivity contribution in [2.24, 2.45) is 0 Å². The molecule has 1 aromatic carbocycles. The van der Waals surface area contributed by atoms with Crippen molar-refractivity contribution in [1.29, 1.82) is 0 Å². The molecule has 0 saturated heterocycles. The number of carbonyl (C=O) groups excluding carboxylic acids is 1. The fourth-order valence-corrected chi connectivity index (χ4v) is 1.73. The highest BCUT2D eigenvalue weighted by Gasteiger charge is 2.12. The number of nitrogens with zero attached hydrogens (tertiary/aromatic N) is 2. The Bertz CT molecular complexity index is 423. The van der Waals surface area contributed by atoms with E-state index in [1.54, 1.807) is 25.1 Å². The van der Waals surface area contributed by atoms with Crippen LogP contribution in [0.2, 0.25) is 5.02 Å². The highest BCUT2D eigenvalue weighted by atomic mass is 35.5. The number of likely N-dealkylation sites (N-methyl/N-ethyl adjacent to an activating group) is 2. The van der Waals surface area contributed by atoms with Crippen LogP contribution in [0.15, 0.2) is 18.2 Å². The summed E-state index contributed by atoms with van der Waals surface area (Å²) < 4.78 is 12.9. The van der Waals surface area contributed by atoms with E-state index in [1.165, 1.54) is 12.1 Å². The molecule has 1 rings (SSSR count). The third kappa shape index (κ3) is 4.27. The summed E-state index contributed by atoms with van der Waals surface area (Å²) in [7, 11) is 3.45. The first-order valence-electron chi connectivity index (χ1n) is 5.80. The zero-order valence-electron chi connectivity index (χ0n) is 10.9. The molecular formula is C13H18ClFN2O. The standard InChI is InChI=1S/C13H18ClFN2O/c1-4-17(9-13(18)16(2)3)8-10-5-6-11(15)7-12(10)14/h5-7H,4,8-9H2,1-3H3. The number of benzene rings is 1. The van der Waals surface area contributed by atoms with Gasteiger partial charge in [-0.3, -0.25) is 9.69 Å². The summed E-state index contributed by atoms with van der Waals surface area (Å²) in [5.74, 6) is -0.314. The Labute approximate surface area is 112 Å². The van der Waals surface area contributed by atoms with Crippen LogP contribution in [0, 0.1) is 5.82 Å². The first-order valence-corrected chi connectivity index (χ1v) is 6.18. The number of hydrogen-bond acceptors (Lipinski definition) is 2. The minimum Gasteiger partial charge on any atom is -0.348 e. The topological polar surface area (TPSA) is 23.6 Å². The average Bonchev–Trinajstić information content (AvgIpc) is 2.31. The van der Waals surface area contributed by atoms with E-state index in [9.17, 15) is 9.18 Å². The van der Waals surface area contributed by atoms with Crippen LogP contribution in [0.4, 0.5) is 4.39 Å². The maximum atomic E-state index is 12.9. The Morgan fingerprint density at radius 2 is 2.06 bits per heavy atom. The van der Waals surface area contributed by atoms with E-state index in [1.807, 2.05) is 11.8 Å². The molecular weight excluding hydrogens is 255 g/mol. The van der Waals surface area contributed by atoms with Gasteiger partial charge in [-0.1, -0.05) is 24.6 Å². The molecule has 0 aliphatic heterocycles. The van der Waals surface area contributed by atoms with Gasteiger partial charge < -0.3 is 4.90 Å². The lowest BCUT2D eigenvalue weighted by Crippen LogP contribution is -2.36. The molecule has 0 bridgehead atoms. The third-order valence-corrected chi connectivity index (χ3v) is 3.07. The molecule has 0 fully saturated rings. The number of amides is 1. The molecule has 18 heavy (non-hydrogen) atoms. The third-order valence-electron chi connectivity index (χ3n) is 2.71. The minimum absolute atomic E-state index is 0.0371. The van der Waals surface area contributed by atoms with Crippen LogP contribution in [0.25, 0.3) is 0 Å². The van der Waals surface area contributed by atoms with Gasteiger partial charge >= 0.3 is 0 Å². The predicted molar refractivity (Wildman–Crippen MR) is 71.1 cm³/mol. The zero-order valence-corrected chi connectivity index (χ0v) is 11.7. The molecule has 5 heteroatoms. The van der Waals surface area contributed by atoms with Crippen molar-refractivity contribution >= 4 is 17.5 Å². The molecule has 0 saturated carbocycles. The van der Waals surface area contributed by atoms with Crippen LogP contribution in [-0.4, -0.2) is 42.9 Å². The summed E-state index contributed by atoms with van der Waals surface area (Å²) in [6.07, 6.45) is 0. The summed E-state index contributed by atoms with van der Waals surface area (Å²) >= 11 is 5.97. The number of halogens is 2.